The summed E-state index contributed by atoms with van der Waals surface area (Å²) in [5.74, 6) is -5.90. The zero-order valence-electron chi connectivity index (χ0n) is 19.8. The van der Waals surface area contributed by atoms with E-state index in [1.54, 1.807) is 0 Å². The highest BCUT2D eigenvalue weighted by atomic mass is 16.4. The maximum absolute atomic E-state index is 12.9. The van der Waals surface area contributed by atoms with E-state index in [-0.39, 0.29) is 12.8 Å². The van der Waals surface area contributed by atoms with Gasteiger partial charge in [0.25, 0.3) is 0 Å². The molecule has 0 aromatic rings. The Hall–Kier alpha value is -3.30. The summed E-state index contributed by atoms with van der Waals surface area (Å²) in [6.45, 7) is 2.27. The SMILES string of the molecule is CC(NC(=O)C(NC(=O)C(CCCCN)NC(=O)C(CCC(=O)O)NC(=O)CN)C(C)O)C(=O)O. The van der Waals surface area contributed by atoms with Crippen LogP contribution in [0.2, 0.25) is 0 Å². The molecule has 0 spiro atoms. The van der Waals surface area contributed by atoms with Gasteiger partial charge < -0.3 is 48.1 Å². The van der Waals surface area contributed by atoms with Crippen LogP contribution in [0, 0.1) is 0 Å². The van der Waals surface area contributed by atoms with Gasteiger partial charge in [-0.1, -0.05) is 0 Å². The molecule has 4 amide bonds. The molecule has 15 nitrogen and oxygen atoms in total. The van der Waals surface area contributed by atoms with Crippen molar-refractivity contribution < 1.29 is 44.1 Å². The summed E-state index contributed by atoms with van der Waals surface area (Å²) in [7, 11) is 0. The van der Waals surface area contributed by atoms with Crippen LogP contribution in [0.25, 0.3) is 0 Å². The molecule has 0 radical (unpaired) electrons. The molecule has 5 unspecified atom stereocenters. The third-order valence-electron chi connectivity index (χ3n) is 4.86. The summed E-state index contributed by atoms with van der Waals surface area (Å²) < 4.78 is 0. The van der Waals surface area contributed by atoms with Gasteiger partial charge in [-0.05, 0) is 46.1 Å². The van der Waals surface area contributed by atoms with Crippen LogP contribution in [0.15, 0.2) is 0 Å². The van der Waals surface area contributed by atoms with Crippen molar-refractivity contribution in [1.29, 1.82) is 0 Å². The molecule has 0 aromatic heterocycles. The maximum Gasteiger partial charge on any atom is 0.325 e. The minimum absolute atomic E-state index is 0.0743. The lowest BCUT2D eigenvalue weighted by molar-refractivity contribution is -0.142. The van der Waals surface area contributed by atoms with Gasteiger partial charge in [0.1, 0.15) is 24.2 Å². The van der Waals surface area contributed by atoms with E-state index in [9.17, 15) is 33.9 Å². The van der Waals surface area contributed by atoms with E-state index in [0.29, 0.717) is 19.4 Å². The van der Waals surface area contributed by atoms with E-state index < -0.39 is 78.8 Å². The molecule has 200 valence electrons. The van der Waals surface area contributed by atoms with E-state index in [2.05, 4.69) is 21.3 Å². The van der Waals surface area contributed by atoms with Gasteiger partial charge in [0.2, 0.25) is 23.6 Å². The van der Waals surface area contributed by atoms with Gasteiger partial charge in [-0.3, -0.25) is 28.8 Å². The first-order valence-corrected chi connectivity index (χ1v) is 11.1. The molecule has 0 aromatic carbocycles. The first-order valence-electron chi connectivity index (χ1n) is 11.1. The molecule has 11 N–H and O–H groups in total. The van der Waals surface area contributed by atoms with Gasteiger partial charge in [0, 0.05) is 6.42 Å². The number of amides is 4. The Morgan fingerprint density at radius 2 is 1.34 bits per heavy atom. The van der Waals surface area contributed by atoms with Gasteiger partial charge in [-0.25, -0.2) is 0 Å². The summed E-state index contributed by atoms with van der Waals surface area (Å²) in [5, 5.41) is 37.0. The standard InChI is InChI=1S/C20H36N6O9/c1-10(20(34)35)23-19(33)16(11(2)27)26-18(32)12(5-3-4-8-21)25-17(31)13(6-7-15(29)30)24-14(28)9-22/h10-13,16,27H,3-9,21-22H2,1-2H3,(H,23,33)(H,24,28)(H,25,31)(H,26,32)(H,29,30)(H,34,35). The number of unbranched alkanes of at least 4 members (excludes halogenated alkanes) is 1. The zero-order valence-corrected chi connectivity index (χ0v) is 19.8. The third-order valence-corrected chi connectivity index (χ3v) is 4.86. The summed E-state index contributed by atoms with van der Waals surface area (Å²) in [5.41, 5.74) is 10.7. The zero-order chi connectivity index (χ0) is 27.1. The maximum atomic E-state index is 12.9. The molecule has 0 aliphatic heterocycles. The third kappa shape index (κ3) is 12.7. The Morgan fingerprint density at radius 3 is 1.83 bits per heavy atom. The number of aliphatic hydroxyl groups is 1. The second-order valence-electron chi connectivity index (χ2n) is 7.90. The Labute approximate surface area is 202 Å². The highest BCUT2D eigenvalue weighted by molar-refractivity contribution is 5.95. The van der Waals surface area contributed by atoms with Crippen LogP contribution in [-0.4, -0.2) is 94.2 Å². The van der Waals surface area contributed by atoms with Crippen LogP contribution >= 0.6 is 0 Å². The fourth-order valence-corrected chi connectivity index (χ4v) is 2.85. The van der Waals surface area contributed by atoms with Crippen LogP contribution in [0.3, 0.4) is 0 Å². The topological polar surface area (TPSA) is 263 Å². The predicted molar refractivity (Wildman–Crippen MR) is 122 cm³/mol. The van der Waals surface area contributed by atoms with Gasteiger partial charge in [-0.15, -0.1) is 0 Å². The fourth-order valence-electron chi connectivity index (χ4n) is 2.85. The number of carbonyl (C=O) groups excluding carboxylic acids is 4. The first-order chi connectivity index (χ1) is 16.3. The van der Waals surface area contributed by atoms with Crippen molar-refractivity contribution in [2.75, 3.05) is 13.1 Å². The quantitative estimate of drug-likeness (QED) is 0.0872. The molecule has 15 heteroatoms. The number of carboxylic acid groups (broad SMARTS) is 2. The molecule has 5 atom stereocenters. The lowest BCUT2D eigenvalue weighted by Gasteiger charge is -2.26. The number of aliphatic carboxylic acids is 2. The molecule has 35 heavy (non-hydrogen) atoms. The molecule has 0 bridgehead atoms. The number of rotatable bonds is 17. The number of aliphatic hydroxyl groups excluding tert-OH is 1. The Morgan fingerprint density at radius 1 is 0.771 bits per heavy atom. The average Bonchev–Trinajstić information content (AvgIpc) is 2.78. The van der Waals surface area contributed by atoms with Crippen LogP contribution in [0.1, 0.15) is 46.0 Å². The lowest BCUT2D eigenvalue weighted by Crippen LogP contribution is -2.60. The van der Waals surface area contributed by atoms with Gasteiger partial charge >= 0.3 is 11.9 Å². The number of nitrogens with one attached hydrogen (secondary N) is 4. The number of carboxylic acids is 2. The highest BCUT2D eigenvalue weighted by Gasteiger charge is 2.32. The summed E-state index contributed by atoms with van der Waals surface area (Å²) in [6.07, 6.45) is -1.15. The fraction of sp³-hybridized carbons (Fsp3) is 0.700. The Balaban J connectivity index is 5.60. The molecule has 0 fully saturated rings. The molecule has 0 aliphatic carbocycles. The van der Waals surface area contributed by atoms with E-state index in [1.165, 1.54) is 13.8 Å². The number of carbonyl (C=O) groups is 6. The van der Waals surface area contributed by atoms with Crippen molar-refractivity contribution in [2.24, 2.45) is 11.5 Å². The van der Waals surface area contributed by atoms with Gasteiger partial charge in [0.15, 0.2) is 0 Å². The van der Waals surface area contributed by atoms with Crippen molar-refractivity contribution in [1.82, 2.24) is 21.3 Å². The van der Waals surface area contributed by atoms with Crippen molar-refractivity contribution in [2.45, 2.75) is 76.2 Å². The van der Waals surface area contributed by atoms with E-state index in [0.717, 1.165) is 0 Å². The van der Waals surface area contributed by atoms with Crippen molar-refractivity contribution in [3.8, 4) is 0 Å². The highest BCUT2D eigenvalue weighted by Crippen LogP contribution is 2.06. The van der Waals surface area contributed by atoms with E-state index in [1.807, 2.05) is 0 Å². The average molecular weight is 505 g/mol. The van der Waals surface area contributed by atoms with E-state index >= 15 is 0 Å². The summed E-state index contributed by atoms with van der Waals surface area (Å²) in [4.78, 5) is 71.6. The number of hydrogen-bond acceptors (Lipinski definition) is 9. The Bertz CT molecular complexity index is 761. The van der Waals surface area contributed by atoms with Crippen LogP contribution in [0.4, 0.5) is 0 Å². The summed E-state index contributed by atoms with van der Waals surface area (Å²) >= 11 is 0. The van der Waals surface area contributed by atoms with Gasteiger partial charge in [0.05, 0.1) is 12.6 Å². The monoisotopic (exact) mass is 504 g/mol. The second kappa shape index (κ2) is 16.3. The first kappa shape index (κ1) is 31.7. The van der Waals surface area contributed by atoms with Crippen LogP contribution in [0.5, 0.6) is 0 Å². The molecule has 0 rings (SSSR count). The smallest absolute Gasteiger partial charge is 0.325 e. The lowest BCUT2D eigenvalue weighted by atomic mass is 10.0. The van der Waals surface area contributed by atoms with Crippen molar-refractivity contribution in [3.63, 3.8) is 0 Å². The minimum atomic E-state index is -1.53. The normalized spacial score (nSPS) is 15.0. The van der Waals surface area contributed by atoms with E-state index in [4.69, 9.17) is 21.7 Å². The molecule has 0 aliphatic rings. The molecular weight excluding hydrogens is 468 g/mol. The van der Waals surface area contributed by atoms with Crippen LogP contribution < -0.4 is 32.7 Å². The second-order valence-corrected chi connectivity index (χ2v) is 7.90. The molecule has 0 heterocycles. The predicted octanol–water partition coefficient (Wildman–Crippen LogP) is -3.64. The Kier molecular flexibility index (Phi) is 14.8. The number of nitrogens with two attached hydrogens (primary N) is 2. The van der Waals surface area contributed by atoms with Crippen molar-refractivity contribution >= 4 is 35.6 Å². The molecule has 0 saturated heterocycles. The summed E-state index contributed by atoms with van der Waals surface area (Å²) in [6, 6.07) is -5.35. The minimum Gasteiger partial charge on any atom is -0.481 e. The van der Waals surface area contributed by atoms with Crippen molar-refractivity contribution in [3.05, 3.63) is 0 Å². The largest absolute Gasteiger partial charge is 0.481 e. The van der Waals surface area contributed by atoms with Gasteiger partial charge in [-0.2, -0.15) is 0 Å². The molecular formula is C20H36N6O9. The molecule has 0 saturated carbocycles. The number of hydrogen-bond donors (Lipinski definition) is 9. The van der Waals surface area contributed by atoms with Crippen LogP contribution in [-0.2, 0) is 28.8 Å².